The molecule has 0 radical (unpaired) electrons. The first-order valence-electron chi connectivity index (χ1n) is 7.97. The van der Waals surface area contributed by atoms with Gasteiger partial charge < -0.3 is 4.74 Å². The molecule has 0 aromatic carbocycles. The van der Waals surface area contributed by atoms with Crippen LogP contribution in [0.15, 0.2) is 12.4 Å². The molecule has 1 aliphatic heterocycles. The molecule has 1 aromatic heterocycles. The highest BCUT2D eigenvalue weighted by Crippen LogP contribution is 2.27. The second-order valence-corrected chi connectivity index (χ2v) is 6.08. The van der Waals surface area contributed by atoms with E-state index in [0.29, 0.717) is 0 Å². The summed E-state index contributed by atoms with van der Waals surface area (Å²) >= 11 is 0. The number of hydrogen-bond donors (Lipinski definition) is 0. The van der Waals surface area contributed by atoms with Crippen LogP contribution in [0.1, 0.15) is 56.0 Å². The zero-order chi connectivity index (χ0) is 13.8. The van der Waals surface area contributed by atoms with Crippen molar-refractivity contribution in [1.82, 2.24) is 14.9 Å². The number of rotatable bonds is 2. The van der Waals surface area contributed by atoms with E-state index in [0.717, 1.165) is 37.1 Å². The van der Waals surface area contributed by atoms with Crippen LogP contribution < -0.4 is 0 Å². The van der Waals surface area contributed by atoms with Gasteiger partial charge in [0, 0.05) is 25.3 Å². The van der Waals surface area contributed by atoms with E-state index in [2.05, 4.69) is 14.9 Å². The van der Waals surface area contributed by atoms with Crippen LogP contribution in [0.5, 0.6) is 0 Å². The van der Waals surface area contributed by atoms with Crippen LogP contribution in [0.2, 0.25) is 0 Å². The van der Waals surface area contributed by atoms with Gasteiger partial charge in [0.05, 0.1) is 24.2 Å². The minimum absolute atomic E-state index is 0.0973. The molecule has 1 saturated carbocycles. The molecule has 1 aliphatic carbocycles. The van der Waals surface area contributed by atoms with Crippen LogP contribution in [-0.4, -0.2) is 40.6 Å². The average molecular weight is 275 g/mol. The highest BCUT2D eigenvalue weighted by atomic mass is 16.5. The normalized spacial score (nSPS) is 26.4. The number of nitrogens with zero attached hydrogens (tertiary/aromatic N) is 3. The van der Waals surface area contributed by atoms with Crippen molar-refractivity contribution in [2.24, 2.45) is 0 Å². The number of aromatic nitrogens is 2. The first-order valence-corrected chi connectivity index (χ1v) is 7.97. The maximum Gasteiger partial charge on any atom is 0.114 e. The molecule has 1 unspecified atom stereocenters. The summed E-state index contributed by atoms with van der Waals surface area (Å²) in [7, 11) is 0. The zero-order valence-corrected chi connectivity index (χ0v) is 12.4. The summed E-state index contributed by atoms with van der Waals surface area (Å²) in [6, 6.07) is 0.752. The van der Waals surface area contributed by atoms with E-state index in [9.17, 15) is 0 Å². The molecule has 0 bridgehead atoms. The minimum atomic E-state index is 0.0973. The fourth-order valence-corrected chi connectivity index (χ4v) is 3.37. The second-order valence-electron chi connectivity index (χ2n) is 6.08. The van der Waals surface area contributed by atoms with Gasteiger partial charge in [-0.25, -0.2) is 0 Å². The molecule has 20 heavy (non-hydrogen) atoms. The molecule has 2 heterocycles. The minimum Gasteiger partial charge on any atom is -0.369 e. The lowest BCUT2D eigenvalue weighted by atomic mass is 10.1. The third-order valence-electron chi connectivity index (χ3n) is 4.57. The Bertz CT molecular complexity index is 412. The lowest BCUT2D eigenvalue weighted by Gasteiger charge is -2.37. The molecule has 4 heteroatoms. The van der Waals surface area contributed by atoms with Crippen molar-refractivity contribution in [3.05, 3.63) is 23.8 Å². The van der Waals surface area contributed by atoms with Gasteiger partial charge in [0.15, 0.2) is 0 Å². The van der Waals surface area contributed by atoms with Crippen molar-refractivity contribution in [1.29, 1.82) is 0 Å². The molecule has 1 aromatic rings. The Morgan fingerprint density at radius 1 is 1.10 bits per heavy atom. The predicted octanol–water partition coefficient (Wildman–Crippen LogP) is 2.88. The lowest BCUT2D eigenvalue weighted by molar-refractivity contribution is -0.0490. The van der Waals surface area contributed by atoms with E-state index >= 15 is 0 Å². The largest absolute Gasteiger partial charge is 0.369 e. The second kappa shape index (κ2) is 6.64. The van der Waals surface area contributed by atoms with Gasteiger partial charge in [0.2, 0.25) is 0 Å². The molecule has 4 nitrogen and oxygen atoms in total. The molecule has 3 rings (SSSR count). The van der Waals surface area contributed by atoms with E-state index < -0.39 is 0 Å². The number of aryl methyl sites for hydroxylation is 1. The summed E-state index contributed by atoms with van der Waals surface area (Å²) in [6.45, 7) is 4.83. The number of morpholine rings is 1. The maximum atomic E-state index is 5.91. The van der Waals surface area contributed by atoms with Gasteiger partial charge in [-0.2, -0.15) is 0 Å². The summed E-state index contributed by atoms with van der Waals surface area (Å²) in [6.07, 6.45) is 12.1. The molecule has 1 saturated heterocycles. The Labute approximate surface area is 121 Å². The molecule has 2 aliphatic rings. The summed E-state index contributed by atoms with van der Waals surface area (Å²) in [5, 5.41) is 0. The summed E-state index contributed by atoms with van der Waals surface area (Å²) < 4.78 is 5.91. The third-order valence-corrected chi connectivity index (χ3v) is 4.57. The van der Waals surface area contributed by atoms with E-state index in [4.69, 9.17) is 4.74 Å². The van der Waals surface area contributed by atoms with Crippen molar-refractivity contribution in [3.63, 3.8) is 0 Å². The van der Waals surface area contributed by atoms with Crippen LogP contribution in [0.4, 0.5) is 0 Å². The first kappa shape index (κ1) is 14.0. The Hall–Kier alpha value is -1.00. The highest BCUT2D eigenvalue weighted by molar-refractivity contribution is 5.05. The SMILES string of the molecule is Cc1cnc(C2CN(C3CCCCCC3)CCO2)cn1. The highest BCUT2D eigenvalue weighted by Gasteiger charge is 2.28. The van der Waals surface area contributed by atoms with Crippen molar-refractivity contribution in [2.45, 2.75) is 57.6 Å². The van der Waals surface area contributed by atoms with Gasteiger partial charge in [0.1, 0.15) is 6.10 Å². The Morgan fingerprint density at radius 3 is 2.60 bits per heavy atom. The standard InChI is InChI=1S/C16H25N3O/c1-13-10-18-15(11-17-13)16-12-19(8-9-20-16)14-6-4-2-3-5-7-14/h10-11,14,16H,2-9,12H2,1H3. The van der Waals surface area contributed by atoms with Gasteiger partial charge in [-0.05, 0) is 19.8 Å². The monoisotopic (exact) mass is 275 g/mol. The van der Waals surface area contributed by atoms with Gasteiger partial charge in [-0.3, -0.25) is 14.9 Å². The molecular weight excluding hydrogens is 250 g/mol. The molecule has 0 spiro atoms. The lowest BCUT2D eigenvalue weighted by Crippen LogP contribution is -2.44. The van der Waals surface area contributed by atoms with Gasteiger partial charge >= 0.3 is 0 Å². The third kappa shape index (κ3) is 3.36. The molecule has 2 fully saturated rings. The van der Waals surface area contributed by atoms with Crippen LogP contribution >= 0.6 is 0 Å². The summed E-state index contributed by atoms with van der Waals surface area (Å²) in [4.78, 5) is 11.5. The molecule has 110 valence electrons. The molecule has 0 N–H and O–H groups in total. The van der Waals surface area contributed by atoms with Crippen molar-refractivity contribution >= 4 is 0 Å². The maximum absolute atomic E-state index is 5.91. The Balaban J connectivity index is 1.64. The van der Waals surface area contributed by atoms with E-state index in [1.807, 2.05) is 19.3 Å². The smallest absolute Gasteiger partial charge is 0.114 e. The fraction of sp³-hybridized carbons (Fsp3) is 0.750. The van der Waals surface area contributed by atoms with Crippen molar-refractivity contribution in [2.75, 3.05) is 19.7 Å². The molecule has 0 amide bonds. The summed E-state index contributed by atoms with van der Waals surface area (Å²) in [5.74, 6) is 0. The van der Waals surface area contributed by atoms with Crippen LogP contribution in [0, 0.1) is 6.92 Å². The van der Waals surface area contributed by atoms with Gasteiger partial charge in [-0.1, -0.05) is 25.7 Å². The fourth-order valence-electron chi connectivity index (χ4n) is 3.37. The van der Waals surface area contributed by atoms with Crippen LogP contribution in [-0.2, 0) is 4.74 Å². The van der Waals surface area contributed by atoms with E-state index in [1.165, 1.54) is 38.5 Å². The topological polar surface area (TPSA) is 38.2 Å². The number of ether oxygens (including phenoxy) is 1. The first-order chi connectivity index (χ1) is 9.83. The Morgan fingerprint density at radius 2 is 1.90 bits per heavy atom. The van der Waals surface area contributed by atoms with Gasteiger partial charge in [0.25, 0.3) is 0 Å². The quantitative estimate of drug-likeness (QED) is 0.778. The molecule has 1 atom stereocenters. The van der Waals surface area contributed by atoms with Crippen LogP contribution in [0.25, 0.3) is 0 Å². The zero-order valence-electron chi connectivity index (χ0n) is 12.4. The van der Waals surface area contributed by atoms with E-state index in [-0.39, 0.29) is 6.10 Å². The Kier molecular flexibility index (Phi) is 4.63. The van der Waals surface area contributed by atoms with Gasteiger partial charge in [-0.15, -0.1) is 0 Å². The summed E-state index contributed by atoms with van der Waals surface area (Å²) in [5.41, 5.74) is 1.94. The van der Waals surface area contributed by atoms with Crippen molar-refractivity contribution in [3.8, 4) is 0 Å². The number of hydrogen-bond acceptors (Lipinski definition) is 4. The average Bonchev–Trinajstić information content (AvgIpc) is 2.77. The predicted molar refractivity (Wildman–Crippen MR) is 78.5 cm³/mol. The van der Waals surface area contributed by atoms with E-state index in [1.54, 1.807) is 0 Å². The molecular formula is C16H25N3O. The van der Waals surface area contributed by atoms with Crippen LogP contribution in [0.3, 0.4) is 0 Å². The van der Waals surface area contributed by atoms with Crippen molar-refractivity contribution < 1.29 is 4.74 Å².